The minimum absolute atomic E-state index is 0.512. The summed E-state index contributed by atoms with van der Waals surface area (Å²) >= 11 is 0. The van der Waals surface area contributed by atoms with E-state index in [1.807, 2.05) is 6.07 Å². The van der Waals surface area contributed by atoms with E-state index >= 15 is 0 Å². The molecule has 2 rings (SSSR count). The van der Waals surface area contributed by atoms with Crippen LogP contribution in [0.4, 0.5) is 0 Å². The van der Waals surface area contributed by atoms with Gasteiger partial charge in [-0.2, -0.15) is 5.10 Å². The lowest BCUT2D eigenvalue weighted by Gasteiger charge is -2.05. The van der Waals surface area contributed by atoms with Crippen molar-refractivity contribution in [1.29, 1.82) is 0 Å². The van der Waals surface area contributed by atoms with E-state index in [1.54, 1.807) is 0 Å². The maximum Gasteiger partial charge on any atom is 0.0838 e. The van der Waals surface area contributed by atoms with Crippen molar-refractivity contribution < 1.29 is 0 Å². The van der Waals surface area contributed by atoms with E-state index in [4.69, 9.17) is 5.73 Å². The lowest BCUT2D eigenvalue weighted by atomic mass is 10.1. The molecule has 0 atom stereocenters. The number of benzene rings is 1. The highest BCUT2D eigenvalue weighted by molar-refractivity contribution is 5.81. The van der Waals surface area contributed by atoms with Gasteiger partial charge in [0.15, 0.2) is 0 Å². The Hall–Kier alpha value is -1.35. The molecule has 3 heteroatoms. The van der Waals surface area contributed by atoms with E-state index in [2.05, 4.69) is 41.8 Å². The van der Waals surface area contributed by atoms with E-state index in [-0.39, 0.29) is 0 Å². The number of fused-ring (bicyclic) bond motifs is 1. The first-order valence-corrected chi connectivity index (χ1v) is 6.37. The van der Waals surface area contributed by atoms with Gasteiger partial charge in [-0.3, -0.25) is 4.68 Å². The molecular weight excluding hydrogens is 210 g/mol. The number of nitrogens with two attached hydrogens (primary N) is 1. The van der Waals surface area contributed by atoms with Crippen molar-refractivity contribution in [3.05, 3.63) is 30.0 Å². The molecule has 0 spiro atoms. The van der Waals surface area contributed by atoms with Crippen LogP contribution in [0.3, 0.4) is 0 Å². The monoisotopic (exact) mass is 231 g/mol. The van der Waals surface area contributed by atoms with Crippen LogP contribution in [0, 0.1) is 5.92 Å². The highest BCUT2D eigenvalue weighted by Gasteiger charge is 2.08. The van der Waals surface area contributed by atoms with Crippen molar-refractivity contribution in [3.8, 4) is 0 Å². The molecule has 92 valence electrons. The fourth-order valence-corrected chi connectivity index (χ4v) is 2.17. The molecular formula is C14H21N3. The summed E-state index contributed by atoms with van der Waals surface area (Å²) < 4.78 is 2.10. The number of hydrogen-bond acceptors (Lipinski definition) is 2. The molecule has 1 heterocycles. The molecule has 0 aliphatic heterocycles. The second kappa shape index (κ2) is 5.32. The molecule has 0 saturated heterocycles. The predicted octanol–water partition coefficient (Wildman–Crippen LogP) is 2.93. The Kier molecular flexibility index (Phi) is 3.79. The molecule has 0 aliphatic carbocycles. The van der Waals surface area contributed by atoms with Gasteiger partial charge < -0.3 is 5.73 Å². The van der Waals surface area contributed by atoms with Crippen LogP contribution in [0.2, 0.25) is 0 Å². The zero-order valence-corrected chi connectivity index (χ0v) is 10.7. The SMILES string of the molecule is CC(C)CCCn1nc(CN)c2ccccc21. The average molecular weight is 231 g/mol. The molecule has 0 bridgehead atoms. The second-order valence-corrected chi connectivity index (χ2v) is 4.93. The lowest BCUT2D eigenvalue weighted by molar-refractivity contribution is 0.495. The van der Waals surface area contributed by atoms with Crippen LogP contribution in [-0.2, 0) is 13.1 Å². The molecule has 2 N–H and O–H groups in total. The van der Waals surface area contributed by atoms with Crippen molar-refractivity contribution in [2.75, 3.05) is 0 Å². The fourth-order valence-electron chi connectivity index (χ4n) is 2.17. The maximum atomic E-state index is 5.73. The quantitative estimate of drug-likeness (QED) is 0.859. The molecule has 17 heavy (non-hydrogen) atoms. The summed E-state index contributed by atoms with van der Waals surface area (Å²) in [6.45, 7) is 6.01. The number of nitrogens with zero attached hydrogens (tertiary/aromatic N) is 2. The Morgan fingerprint density at radius 1 is 1.29 bits per heavy atom. The van der Waals surface area contributed by atoms with Crippen molar-refractivity contribution in [2.24, 2.45) is 11.7 Å². The van der Waals surface area contributed by atoms with Gasteiger partial charge in [-0.25, -0.2) is 0 Å². The van der Waals surface area contributed by atoms with Crippen LogP contribution >= 0.6 is 0 Å². The first-order valence-electron chi connectivity index (χ1n) is 6.37. The molecule has 0 unspecified atom stereocenters. The summed E-state index contributed by atoms with van der Waals surface area (Å²) in [5, 5.41) is 5.79. The van der Waals surface area contributed by atoms with E-state index in [9.17, 15) is 0 Å². The molecule has 0 amide bonds. The Balaban J connectivity index is 2.22. The summed E-state index contributed by atoms with van der Waals surface area (Å²) in [5.74, 6) is 0.755. The predicted molar refractivity (Wildman–Crippen MR) is 71.7 cm³/mol. The summed E-state index contributed by atoms with van der Waals surface area (Å²) in [6.07, 6.45) is 2.42. The van der Waals surface area contributed by atoms with Gasteiger partial charge in [-0.1, -0.05) is 32.0 Å². The zero-order chi connectivity index (χ0) is 12.3. The van der Waals surface area contributed by atoms with Gasteiger partial charge in [0.2, 0.25) is 0 Å². The Bertz CT molecular complexity index is 485. The number of aromatic nitrogens is 2. The maximum absolute atomic E-state index is 5.73. The summed E-state index contributed by atoms with van der Waals surface area (Å²) in [4.78, 5) is 0. The van der Waals surface area contributed by atoms with Crippen LogP contribution in [0.15, 0.2) is 24.3 Å². The van der Waals surface area contributed by atoms with Crippen molar-refractivity contribution in [2.45, 2.75) is 39.8 Å². The highest BCUT2D eigenvalue weighted by Crippen LogP contribution is 2.18. The minimum atomic E-state index is 0.512. The second-order valence-electron chi connectivity index (χ2n) is 4.93. The van der Waals surface area contributed by atoms with Crippen LogP contribution < -0.4 is 5.73 Å². The third-order valence-corrected chi connectivity index (χ3v) is 3.08. The van der Waals surface area contributed by atoms with E-state index in [0.717, 1.165) is 18.2 Å². The van der Waals surface area contributed by atoms with Gasteiger partial charge >= 0.3 is 0 Å². The number of hydrogen-bond donors (Lipinski definition) is 1. The van der Waals surface area contributed by atoms with E-state index in [0.29, 0.717) is 6.54 Å². The van der Waals surface area contributed by atoms with Gasteiger partial charge in [-0.05, 0) is 24.8 Å². The normalized spacial score (nSPS) is 11.5. The summed E-state index contributed by atoms with van der Waals surface area (Å²) in [7, 11) is 0. The molecule has 0 radical (unpaired) electrons. The third-order valence-electron chi connectivity index (χ3n) is 3.08. The number of para-hydroxylation sites is 1. The van der Waals surface area contributed by atoms with Crippen molar-refractivity contribution in [3.63, 3.8) is 0 Å². The van der Waals surface area contributed by atoms with Gasteiger partial charge in [-0.15, -0.1) is 0 Å². The highest BCUT2D eigenvalue weighted by atomic mass is 15.3. The molecule has 3 nitrogen and oxygen atoms in total. The van der Waals surface area contributed by atoms with Crippen molar-refractivity contribution in [1.82, 2.24) is 9.78 Å². The fraction of sp³-hybridized carbons (Fsp3) is 0.500. The largest absolute Gasteiger partial charge is 0.325 e. The molecule has 1 aromatic carbocycles. The Morgan fingerprint density at radius 2 is 2.06 bits per heavy atom. The summed E-state index contributed by atoms with van der Waals surface area (Å²) in [5.41, 5.74) is 7.94. The average Bonchev–Trinajstić information content (AvgIpc) is 2.68. The third kappa shape index (κ3) is 2.67. The van der Waals surface area contributed by atoms with Gasteiger partial charge in [0.05, 0.1) is 11.2 Å². The molecule has 1 aromatic heterocycles. The van der Waals surface area contributed by atoms with Gasteiger partial charge in [0.25, 0.3) is 0 Å². The standard InChI is InChI=1S/C14H21N3/c1-11(2)6-5-9-17-14-8-4-3-7-12(14)13(10-15)16-17/h3-4,7-8,11H,5-6,9-10,15H2,1-2H3. The minimum Gasteiger partial charge on any atom is -0.325 e. The van der Waals surface area contributed by atoms with E-state index in [1.165, 1.54) is 23.7 Å². The number of rotatable bonds is 5. The van der Waals surface area contributed by atoms with Gasteiger partial charge in [0, 0.05) is 18.5 Å². The topological polar surface area (TPSA) is 43.8 Å². The van der Waals surface area contributed by atoms with Crippen LogP contribution in [-0.4, -0.2) is 9.78 Å². The van der Waals surface area contributed by atoms with Crippen molar-refractivity contribution >= 4 is 10.9 Å². The molecule has 0 saturated carbocycles. The molecule has 0 fully saturated rings. The van der Waals surface area contributed by atoms with Crippen LogP contribution in [0.1, 0.15) is 32.4 Å². The molecule has 0 aliphatic rings. The lowest BCUT2D eigenvalue weighted by Crippen LogP contribution is -2.04. The smallest absolute Gasteiger partial charge is 0.0838 e. The Morgan fingerprint density at radius 3 is 2.76 bits per heavy atom. The van der Waals surface area contributed by atoms with Crippen LogP contribution in [0.5, 0.6) is 0 Å². The van der Waals surface area contributed by atoms with Crippen LogP contribution in [0.25, 0.3) is 10.9 Å². The zero-order valence-electron chi connectivity index (χ0n) is 10.7. The summed E-state index contributed by atoms with van der Waals surface area (Å²) in [6, 6.07) is 8.32. The van der Waals surface area contributed by atoms with Gasteiger partial charge in [0.1, 0.15) is 0 Å². The molecule has 2 aromatic rings. The first-order chi connectivity index (χ1) is 8.22. The Labute approximate surface area is 103 Å². The first kappa shape index (κ1) is 12.1. The number of aryl methyl sites for hydroxylation is 1. The van der Waals surface area contributed by atoms with E-state index < -0.39 is 0 Å².